The van der Waals surface area contributed by atoms with E-state index in [2.05, 4.69) is 10.3 Å². The van der Waals surface area contributed by atoms with Crippen molar-refractivity contribution in [3.8, 4) is 0 Å². The predicted molar refractivity (Wildman–Crippen MR) is 59.3 cm³/mol. The molecule has 0 saturated heterocycles. The van der Waals surface area contributed by atoms with Crippen LogP contribution in [0.2, 0.25) is 0 Å². The molecule has 2 N–H and O–H groups in total. The molecule has 1 fully saturated rings. The van der Waals surface area contributed by atoms with Gasteiger partial charge in [-0.05, 0) is 37.3 Å². The van der Waals surface area contributed by atoms with E-state index in [1.807, 2.05) is 6.92 Å². The topological polar surface area (TPSA) is 45.1 Å². The minimum absolute atomic E-state index is 0.0107. The van der Waals surface area contributed by atoms with Crippen molar-refractivity contribution >= 4 is 0 Å². The minimum Gasteiger partial charge on any atom is -0.392 e. The quantitative estimate of drug-likeness (QED) is 0.799. The first-order chi connectivity index (χ1) is 7.66. The van der Waals surface area contributed by atoms with Gasteiger partial charge in [-0.1, -0.05) is 0 Å². The molecule has 88 valence electrons. The number of rotatable bonds is 5. The molecule has 16 heavy (non-hydrogen) atoms. The van der Waals surface area contributed by atoms with E-state index in [-0.39, 0.29) is 18.0 Å². The molecule has 0 amide bonds. The average molecular weight is 224 g/mol. The maximum absolute atomic E-state index is 12.9. The van der Waals surface area contributed by atoms with Crippen LogP contribution in [-0.4, -0.2) is 22.7 Å². The first-order valence-corrected chi connectivity index (χ1v) is 5.68. The van der Waals surface area contributed by atoms with Crippen LogP contribution in [0.1, 0.15) is 31.4 Å². The van der Waals surface area contributed by atoms with Gasteiger partial charge in [0.1, 0.15) is 5.82 Å². The zero-order chi connectivity index (χ0) is 11.5. The summed E-state index contributed by atoms with van der Waals surface area (Å²) in [6.45, 7) is 2.50. The van der Waals surface area contributed by atoms with E-state index in [1.54, 1.807) is 6.20 Å². The minimum atomic E-state index is -0.325. The van der Waals surface area contributed by atoms with Crippen molar-refractivity contribution in [1.29, 1.82) is 0 Å². The van der Waals surface area contributed by atoms with Gasteiger partial charge < -0.3 is 10.4 Å². The third kappa shape index (κ3) is 3.00. The van der Waals surface area contributed by atoms with Gasteiger partial charge in [0.25, 0.3) is 0 Å². The molecule has 2 unspecified atom stereocenters. The van der Waals surface area contributed by atoms with E-state index in [0.717, 1.165) is 18.4 Å². The largest absolute Gasteiger partial charge is 0.392 e. The fraction of sp³-hybridized carbons (Fsp3) is 0.583. The van der Waals surface area contributed by atoms with Gasteiger partial charge in [-0.25, -0.2) is 4.39 Å². The number of hydrogen-bond donors (Lipinski definition) is 2. The molecule has 0 spiro atoms. The molecule has 1 aliphatic carbocycles. The summed E-state index contributed by atoms with van der Waals surface area (Å²) in [6, 6.07) is 1.48. The van der Waals surface area contributed by atoms with Crippen LogP contribution in [0.15, 0.2) is 18.5 Å². The van der Waals surface area contributed by atoms with Crippen molar-refractivity contribution in [3.05, 3.63) is 29.8 Å². The summed E-state index contributed by atoms with van der Waals surface area (Å²) in [5, 5.41) is 12.9. The van der Waals surface area contributed by atoms with Gasteiger partial charge >= 0.3 is 0 Å². The molecular formula is C12H17FN2O. The fourth-order valence-electron chi connectivity index (χ4n) is 1.73. The molecule has 1 aromatic heterocycles. The molecule has 0 radical (unpaired) electrons. The maximum Gasteiger partial charge on any atom is 0.141 e. The van der Waals surface area contributed by atoms with Crippen LogP contribution in [0.3, 0.4) is 0 Å². The number of halogens is 1. The SMILES string of the molecule is CC(NCC(O)C1CC1)c1cncc(F)c1. The lowest BCUT2D eigenvalue weighted by molar-refractivity contribution is 0.145. The number of nitrogens with zero attached hydrogens (tertiary/aromatic N) is 1. The maximum atomic E-state index is 12.9. The third-order valence-electron chi connectivity index (χ3n) is 3.03. The molecule has 0 aromatic carbocycles. The third-order valence-corrected chi connectivity index (χ3v) is 3.03. The Kier molecular flexibility index (Phi) is 3.51. The summed E-state index contributed by atoms with van der Waals surface area (Å²) >= 11 is 0. The number of nitrogens with one attached hydrogen (secondary N) is 1. The Morgan fingerprint density at radius 2 is 2.31 bits per heavy atom. The molecule has 1 aliphatic rings. The Morgan fingerprint density at radius 3 is 2.94 bits per heavy atom. The first kappa shape index (κ1) is 11.5. The van der Waals surface area contributed by atoms with Gasteiger partial charge in [-0.3, -0.25) is 4.98 Å². The first-order valence-electron chi connectivity index (χ1n) is 5.68. The Bertz CT molecular complexity index is 355. The lowest BCUT2D eigenvalue weighted by atomic mass is 10.1. The zero-order valence-corrected chi connectivity index (χ0v) is 9.36. The van der Waals surface area contributed by atoms with Gasteiger partial charge in [0, 0.05) is 18.8 Å². The van der Waals surface area contributed by atoms with E-state index in [0.29, 0.717) is 12.5 Å². The summed E-state index contributed by atoms with van der Waals surface area (Å²) < 4.78 is 12.9. The standard InChI is InChI=1S/C12H17FN2O/c1-8(10-4-11(13)6-14-5-10)15-7-12(16)9-2-3-9/h4-6,8-9,12,15-16H,2-3,7H2,1H3. The van der Waals surface area contributed by atoms with Crippen LogP contribution in [0, 0.1) is 11.7 Å². The number of aliphatic hydroxyl groups is 1. The molecule has 0 aliphatic heterocycles. The van der Waals surface area contributed by atoms with E-state index in [1.165, 1.54) is 12.3 Å². The van der Waals surface area contributed by atoms with Crippen LogP contribution < -0.4 is 5.32 Å². The number of aromatic nitrogens is 1. The average Bonchev–Trinajstić information content (AvgIpc) is 3.09. The van der Waals surface area contributed by atoms with Crippen LogP contribution in [0.5, 0.6) is 0 Å². The lowest BCUT2D eigenvalue weighted by Gasteiger charge is -2.16. The van der Waals surface area contributed by atoms with Crippen molar-refractivity contribution in [2.24, 2.45) is 5.92 Å². The molecule has 2 rings (SSSR count). The Balaban J connectivity index is 1.84. The number of pyridine rings is 1. The van der Waals surface area contributed by atoms with Crippen molar-refractivity contribution in [1.82, 2.24) is 10.3 Å². The highest BCUT2D eigenvalue weighted by molar-refractivity contribution is 5.14. The van der Waals surface area contributed by atoms with Gasteiger partial charge in [0.05, 0.1) is 12.3 Å². The lowest BCUT2D eigenvalue weighted by Crippen LogP contribution is -2.30. The van der Waals surface area contributed by atoms with Crippen molar-refractivity contribution in [2.45, 2.75) is 31.9 Å². The van der Waals surface area contributed by atoms with Crippen LogP contribution in [-0.2, 0) is 0 Å². The molecule has 2 atom stereocenters. The molecule has 4 heteroatoms. The highest BCUT2D eigenvalue weighted by Gasteiger charge is 2.29. The van der Waals surface area contributed by atoms with E-state index < -0.39 is 0 Å². The summed E-state index contributed by atoms with van der Waals surface area (Å²) in [6.07, 6.45) is 4.81. The van der Waals surface area contributed by atoms with Crippen LogP contribution in [0.25, 0.3) is 0 Å². The van der Waals surface area contributed by atoms with E-state index >= 15 is 0 Å². The predicted octanol–water partition coefficient (Wildman–Crippen LogP) is 1.64. The summed E-state index contributed by atoms with van der Waals surface area (Å²) in [7, 11) is 0. The Hall–Kier alpha value is -1.00. The van der Waals surface area contributed by atoms with E-state index in [9.17, 15) is 9.50 Å². The molecule has 1 aromatic rings. The second-order valence-electron chi connectivity index (χ2n) is 4.47. The molecule has 1 saturated carbocycles. The van der Waals surface area contributed by atoms with Gasteiger partial charge in [0.15, 0.2) is 0 Å². The molecule has 3 nitrogen and oxygen atoms in total. The zero-order valence-electron chi connectivity index (χ0n) is 9.36. The van der Waals surface area contributed by atoms with Crippen molar-refractivity contribution in [3.63, 3.8) is 0 Å². The molecular weight excluding hydrogens is 207 g/mol. The van der Waals surface area contributed by atoms with E-state index in [4.69, 9.17) is 0 Å². The van der Waals surface area contributed by atoms with Gasteiger partial charge in [-0.15, -0.1) is 0 Å². The van der Waals surface area contributed by atoms with Crippen LogP contribution in [0.4, 0.5) is 4.39 Å². The Morgan fingerprint density at radius 1 is 1.56 bits per heavy atom. The van der Waals surface area contributed by atoms with Gasteiger partial charge in [-0.2, -0.15) is 0 Å². The second kappa shape index (κ2) is 4.89. The Labute approximate surface area is 94.7 Å². The highest BCUT2D eigenvalue weighted by atomic mass is 19.1. The van der Waals surface area contributed by atoms with Crippen molar-refractivity contribution < 1.29 is 9.50 Å². The normalized spacial score (nSPS) is 19.4. The highest BCUT2D eigenvalue weighted by Crippen LogP contribution is 2.32. The fourth-order valence-corrected chi connectivity index (χ4v) is 1.73. The van der Waals surface area contributed by atoms with Gasteiger partial charge in [0.2, 0.25) is 0 Å². The summed E-state index contributed by atoms with van der Waals surface area (Å²) in [4.78, 5) is 3.80. The summed E-state index contributed by atoms with van der Waals surface area (Å²) in [5.74, 6) is 0.138. The van der Waals surface area contributed by atoms with Crippen molar-refractivity contribution in [2.75, 3.05) is 6.54 Å². The van der Waals surface area contributed by atoms with Crippen LogP contribution >= 0.6 is 0 Å². The molecule has 0 bridgehead atoms. The smallest absolute Gasteiger partial charge is 0.141 e. The summed E-state index contributed by atoms with van der Waals surface area (Å²) in [5.41, 5.74) is 0.808. The second-order valence-corrected chi connectivity index (χ2v) is 4.47. The monoisotopic (exact) mass is 224 g/mol. The molecule has 1 heterocycles. The number of hydrogen-bond acceptors (Lipinski definition) is 3. The number of aliphatic hydroxyl groups excluding tert-OH is 1.